The minimum absolute atomic E-state index is 0.303. The summed E-state index contributed by atoms with van der Waals surface area (Å²) in [6.07, 6.45) is -0.174. The number of carbonyl (C=O) groups is 1. The van der Waals surface area contributed by atoms with Crippen LogP contribution in [0.1, 0.15) is 11.1 Å². The number of benzene rings is 1. The zero-order valence-corrected chi connectivity index (χ0v) is 9.69. The van der Waals surface area contributed by atoms with Gasteiger partial charge in [0, 0.05) is 6.54 Å². The van der Waals surface area contributed by atoms with Crippen molar-refractivity contribution in [2.75, 3.05) is 19.7 Å². The number of ether oxygens (including phenoxy) is 1. The van der Waals surface area contributed by atoms with Crippen LogP contribution >= 0.6 is 0 Å². The van der Waals surface area contributed by atoms with E-state index >= 15 is 0 Å². The van der Waals surface area contributed by atoms with Crippen LogP contribution in [0.4, 0.5) is 4.79 Å². The molecule has 17 heavy (non-hydrogen) atoms. The zero-order valence-electron chi connectivity index (χ0n) is 9.69. The Kier molecular flexibility index (Phi) is 6.06. The van der Waals surface area contributed by atoms with Crippen molar-refractivity contribution < 1.29 is 14.6 Å². The van der Waals surface area contributed by atoms with Crippen molar-refractivity contribution in [2.24, 2.45) is 5.73 Å². The molecule has 0 spiro atoms. The van der Waals surface area contributed by atoms with Gasteiger partial charge in [-0.25, -0.2) is 4.79 Å². The first-order chi connectivity index (χ1) is 8.22. The number of hydrogen-bond acceptors (Lipinski definition) is 3. The molecule has 5 nitrogen and oxygen atoms in total. The molecule has 0 saturated carbocycles. The van der Waals surface area contributed by atoms with E-state index in [-0.39, 0.29) is 0 Å². The van der Waals surface area contributed by atoms with E-state index in [1.54, 1.807) is 0 Å². The fourth-order valence-corrected chi connectivity index (χ4v) is 1.46. The van der Waals surface area contributed by atoms with Gasteiger partial charge in [-0.1, -0.05) is 24.3 Å². The van der Waals surface area contributed by atoms with Gasteiger partial charge in [0.15, 0.2) is 0 Å². The Labute approximate surface area is 101 Å². The second-order valence-electron chi connectivity index (χ2n) is 3.64. The highest BCUT2D eigenvalue weighted by Crippen LogP contribution is 2.06. The third-order valence-corrected chi connectivity index (χ3v) is 2.22. The molecule has 0 bridgehead atoms. The molecule has 5 heteroatoms. The van der Waals surface area contributed by atoms with Gasteiger partial charge < -0.3 is 20.9 Å². The van der Waals surface area contributed by atoms with Crippen molar-refractivity contribution in [3.05, 3.63) is 35.4 Å². The number of nitrogens with one attached hydrogen (secondary N) is 1. The summed E-state index contributed by atoms with van der Waals surface area (Å²) in [6, 6.07) is 8.03. The maximum Gasteiger partial charge on any atom is 0.404 e. The molecule has 1 aromatic rings. The van der Waals surface area contributed by atoms with E-state index in [2.05, 4.69) is 11.4 Å². The van der Waals surface area contributed by atoms with E-state index < -0.39 is 6.09 Å². The standard InChI is InChI=1S/C12H18N2O3/c13-5-4-10-2-1-3-11(8-10)9-17-7-6-14-12(15)16/h1-3,8,14H,4-7,9,13H2,(H,15,16). The Bertz CT molecular complexity index is 355. The quantitative estimate of drug-likeness (QED) is 0.618. The smallest absolute Gasteiger partial charge is 0.404 e. The molecule has 0 atom stereocenters. The largest absolute Gasteiger partial charge is 0.465 e. The first kappa shape index (κ1) is 13.5. The normalized spacial score (nSPS) is 10.2. The first-order valence-electron chi connectivity index (χ1n) is 5.55. The molecule has 0 radical (unpaired) electrons. The number of rotatable bonds is 7. The van der Waals surface area contributed by atoms with Crippen molar-refractivity contribution in [1.29, 1.82) is 0 Å². The van der Waals surface area contributed by atoms with Crippen LogP contribution in [-0.4, -0.2) is 30.9 Å². The Hall–Kier alpha value is -1.59. The monoisotopic (exact) mass is 238 g/mol. The Balaban J connectivity index is 2.26. The van der Waals surface area contributed by atoms with E-state index in [0.29, 0.717) is 26.3 Å². The fourth-order valence-electron chi connectivity index (χ4n) is 1.46. The SMILES string of the molecule is NCCc1cccc(COCCNC(=O)O)c1. The highest BCUT2D eigenvalue weighted by molar-refractivity contribution is 5.64. The van der Waals surface area contributed by atoms with Crippen molar-refractivity contribution >= 4 is 6.09 Å². The van der Waals surface area contributed by atoms with Gasteiger partial charge >= 0.3 is 6.09 Å². The molecule has 4 N–H and O–H groups in total. The molecule has 0 saturated heterocycles. The second kappa shape index (κ2) is 7.65. The number of carboxylic acid groups (broad SMARTS) is 1. The van der Waals surface area contributed by atoms with Gasteiger partial charge in [-0.15, -0.1) is 0 Å². The number of hydrogen-bond donors (Lipinski definition) is 3. The summed E-state index contributed by atoms with van der Waals surface area (Å²) in [4.78, 5) is 10.2. The molecule has 0 heterocycles. The Morgan fingerprint density at radius 2 is 2.18 bits per heavy atom. The fraction of sp³-hybridized carbons (Fsp3) is 0.417. The van der Waals surface area contributed by atoms with Crippen molar-refractivity contribution in [1.82, 2.24) is 5.32 Å². The van der Waals surface area contributed by atoms with Crippen molar-refractivity contribution in [2.45, 2.75) is 13.0 Å². The molecule has 1 rings (SSSR count). The lowest BCUT2D eigenvalue weighted by Crippen LogP contribution is -2.25. The predicted molar refractivity (Wildman–Crippen MR) is 64.9 cm³/mol. The van der Waals surface area contributed by atoms with Crippen molar-refractivity contribution in [3.8, 4) is 0 Å². The van der Waals surface area contributed by atoms with E-state index in [1.165, 1.54) is 5.56 Å². The summed E-state index contributed by atoms with van der Waals surface area (Å²) >= 11 is 0. The molecule has 0 aliphatic carbocycles. The summed E-state index contributed by atoms with van der Waals surface area (Å²) in [7, 11) is 0. The van der Waals surface area contributed by atoms with Gasteiger partial charge in [-0.2, -0.15) is 0 Å². The van der Waals surface area contributed by atoms with Gasteiger partial charge in [0.05, 0.1) is 13.2 Å². The van der Waals surface area contributed by atoms with E-state index in [0.717, 1.165) is 12.0 Å². The van der Waals surface area contributed by atoms with Gasteiger partial charge in [0.2, 0.25) is 0 Å². The average Bonchev–Trinajstić information content (AvgIpc) is 2.29. The van der Waals surface area contributed by atoms with E-state index in [9.17, 15) is 4.79 Å². The molecule has 1 amide bonds. The molecule has 0 unspecified atom stereocenters. The van der Waals surface area contributed by atoms with Gasteiger partial charge in [0.1, 0.15) is 0 Å². The van der Waals surface area contributed by atoms with Gasteiger partial charge in [0.25, 0.3) is 0 Å². The lowest BCUT2D eigenvalue weighted by Gasteiger charge is -2.06. The summed E-state index contributed by atoms with van der Waals surface area (Å²) in [5, 5.41) is 10.6. The summed E-state index contributed by atoms with van der Waals surface area (Å²) in [6.45, 7) is 1.79. The van der Waals surface area contributed by atoms with Crippen molar-refractivity contribution in [3.63, 3.8) is 0 Å². The Morgan fingerprint density at radius 1 is 1.41 bits per heavy atom. The minimum atomic E-state index is -1.03. The lowest BCUT2D eigenvalue weighted by molar-refractivity contribution is 0.120. The molecule has 0 aliphatic rings. The van der Waals surface area contributed by atoms with Crippen LogP contribution in [0.2, 0.25) is 0 Å². The van der Waals surface area contributed by atoms with Crippen LogP contribution < -0.4 is 11.1 Å². The highest BCUT2D eigenvalue weighted by Gasteiger charge is 1.97. The van der Waals surface area contributed by atoms with Gasteiger partial charge in [-0.05, 0) is 24.1 Å². The van der Waals surface area contributed by atoms with Crippen LogP contribution in [0.5, 0.6) is 0 Å². The molecule has 0 fully saturated rings. The molecule has 1 aromatic carbocycles. The Morgan fingerprint density at radius 3 is 2.88 bits per heavy atom. The van der Waals surface area contributed by atoms with E-state index in [4.69, 9.17) is 15.6 Å². The third-order valence-electron chi connectivity index (χ3n) is 2.22. The molecule has 0 aromatic heterocycles. The van der Waals surface area contributed by atoms with Crippen LogP contribution in [0.3, 0.4) is 0 Å². The predicted octanol–water partition coefficient (Wildman–Crippen LogP) is 0.972. The minimum Gasteiger partial charge on any atom is -0.465 e. The van der Waals surface area contributed by atoms with Crippen LogP contribution in [0.15, 0.2) is 24.3 Å². The highest BCUT2D eigenvalue weighted by atomic mass is 16.5. The molecular weight excluding hydrogens is 220 g/mol. The topological polar surface area (TPSA) is 84.6 Å². The van der Waals surface area contributed by atoms with Crippen LogP contribution in [0, 0.1) is 0 Å². The lowest BCUT2D eigenvalue weighted by atomic mass is 10.1. The zero-order chi connectivity index (χ0) is 12.5. The first-order valence-corrected chi connectivity index (χ1v) is 5.55. The summed E-state index contributed by atoms with van der Waals surface area (Å²) < 4.78 is 5.35. The molecule has 94 valence electrons. The summed E-state index contributed by atoms with van der Waals surface area (Å²) in [5.41, 5.74) is 7.75. The summed E-state index contributed by atoms with van der Waals surface area (Å²) in [5.74, 6) is 0. The van der Waals surface area contributed by atoms with E-state index in [1.807, 2.05) is 18.2 Å². The third kappa shape index (κ3) is 5.89. The number of amides is 1. The van der Waals surface area contributed by atoms with Gasteiger partial charge in [-0.3, -0.25) is 0 Å². The second-order valence-corrected chi connectivity index (χ2v) is 3.64. The maximum absolute atomic E-state index is 10.2. The van der Waals surface area contributed by atoms with Crippen LogP contribution in [-0.2, 0) is 17.8 Å². The maximum atomic E-state index is 10.2. The average molecular weight is 238 g/mol. The van der Waals surface area contributed by atoms with Crippen LogP contribution in [0.25, 0.3) is 0 Å². The number of nitrogens with two attached hydrogens (primary N) is 1. The molecular formula is C12H18N2O3. The molecule has 0 aliphatic heterocycles.